The van der Waals surface area contributed by atoms with E-state index < -0.39 is 35.2 Å². The van der Waals surface area contributed by atoms with E-state index in [4.69, 9.17) is 4.74 Å². The molecule has 2 aromatic rings. The van der Waals surface area contributed by atoms with Gasteiger partial charge in [-0.2, -0.15) is 13.2 Å². The topological polar surface area (TPSA) is 80.3 Å². The van der Waals surface area contributed by atoms with Crippen molar-refractivity contribution in [3.63, 3.8) is 0 Å². The Hall–Kier alpha value is -2.82. The summed E-state index contributed by atoms with van der Waals surface area (Å²) in [7, 11) is 0. The molecule has 1 aromatic carbocycles. The highest BCUT2D eigenvalue weighted by Gasteiger charge is 2.30. The number of rotatable bonds is 5. The van der Waals surface area contributed by atoms with Crippen molar-refractivity contribution in [2.75, 3.05) is 16.4 Å². The van der Waals surface area contributed by atoms with E-state index in [2.05, 4.69) is 15.6 Å². The molecule has 0 aliphatic rings. The van der Waals surface area contributed by atoms with Crippen molar-refractivity contribution in [1.82, 2.24) is 4.98 Å². The number of hydrogen-bond acceptors (Lipinski definition) is 5. The summed E-state index contributed by atoms with van der Waals surface area (Å²) in [6.45, 7) is 5.02. The van der Waals surface area contributed by atoms with Gasteiger partial charge < -0.3 is 10.1 Å². The predicted octanol–water partition coefficient (Wildman–Crippen LogP) is 5.32. The van der Waals surface area contributed by atoms with E-state index in [0.717, 1.165) is 36.0 Å². The Bertz CT molecular complexity index is 913. The molecule has 0 fully saturated rings. The van der Waals surface area contributed by atoms with Gasteiger partial charge in [0, 0.05) is 6.20 Å². The van der Waals surface area contributed by atoms with Gasteiger partial charge in [-0.3, -0.25) is 10.1 Å². The molecule has 0 aliphatic heterocycles. The standard InChI is InChI=1S/C19H19F4N3O3S/c1-18(2,3)29-17(28)26-13-6-5-12(20)8-14(13)25-15(27)10-30-16-7-4-11(9-24-16)19(21,22)23/h4-9H,10H2,1-3H3,(H,25,27)(H,26,28). The van der Waals surface area contributed by atoms with Gasteiger partial charge in [0.15, 0.2) is 0 Å². The summed E-state index contributed by atoms with van der Waals surface area (Å²) in [6, 6.07) is 5.40. The third-order valence-corrected chi connectivity index (χ3v) is 4.25. The van der Waals surface area contributed by atoms with Crippen LogP contribution < -0.4 is 10.6 Å². The van der Waals surface area contributed by atoms with Crippen LogP contribution in [0.1, 0.15) is 26.3 Å². The van der Waals surface area contributed by atoms with Gasteiger partial charge in [0.05, 0.1) is 27.7 Å². The van der Waals surface area contributed by atoms with Crippen molar-refractivity contribution in [1.29, 1.82) is 0 Å². The number of carbonyl (C=O) groups excluding carboxylic acids is 2. The fourth-order valence-electron chi connectivity index (χ4n) is 2.10. The van der Waals surface area contributed by atoms with Crippen LogP contribution in [0.2, 0.25) is 0 Å². The molecule has 2 amide bonds. The number of pyridine rings is 1. The fourth-order valence-corrected chi connectivity index (χ4v) is 2.74. The van der Waals surface area contributed by atoms with Crippen LogP contribution >= 0.6 is 11.8 Å². The number of anilines is 2. The molecule has 0 unspecified atom stereocenters. The average Bonchev–Trinajstić information content (AvgIpc) is 2.60. The highest BCUT2D eigenvalue weighted by molar-refractivity contribution is 7.99. The third-order valence-electron chi connectivity index (χ3n) is 3.31. The van der Waals surface area contributed by atoms with Gasteiger partial charge >= 0.3 is 12.3 Å². The number of amides is 2. The van der Waals surface area contributed by atoms with Crippen molar-refractivity contribution < 1.29 is 31.9 Å². The maximum atomic E-state index is 13.6. The Morgan fingerprint density at radius 2 is 1.77 bits per heavy atom. The molecule has 162 valence electrons. The van der Waals surface area contributed by atoms with Crippen LogP contribution in [0.4, 0.5) is 33.7 Å². The monoisotopic (exact) mass is 445 g/mol. The minimum atomic E-state index is -4.50. The van der Waals surface area contributed by atoms with Crippen molar-refractivity contribution >= 4 is 35.1 Å². The number of carbonyl (C=O) groups is 2. The number of nitrogens with one attached hydrogen (secondary N) is 2. The lowest BCUT2D eigenvalue weighted by atomic mass is 10.2. The van der Waals surface area contributed by atoms with Crippen LogP contribution in [0, 0.1) is 5.82 Å². The average molecular weight is 445 g/mol. The van der Waals surface area contributed by atoms with Gasteiger partial charge in [-0.25, -0.2) is 14.2 Å². The van der Waals surface area contributed by atoms with E-state index >= 15 is 0 Å². The van der Waals surface area contributed by atoms with Crippen LogP contribution in [-0.2, 0) is 15.7 Å². The number of benzene rings is 1. The summed E-state index contributed by atoms with van der Waals surface area (Å²) >= 11 is 0.903. The molecule has 1 aromatic heterocycles. The predicted molar refractivity (Wildman–Crippen MR) is 105 cm³/mol. The molecule has 6 nitrogen and oxygen atoms in total. The molecule has 0 radical (unpaired) electrons. The molecular formula is C19H19F4N3O3S. The Labute approximate surface area is 174 Å². The summed E-state index contributed by atoms with van der Waals surface area (Å²) in [6.07, 6.45) is -4.61. The summed E-state index contributed by atoms with van der Waals surface area (Å²) in [5, 5.41) is 5.09. The molecule has 0 atom stereocenters. The zero-order valence-electron chi connectivity index (χ0n) is 16.3. The first kappa shape index (κ1) is 23.5. The first-order valence-corrected chi connectivity index (χ1v) is 9.57. The minimum absolute atomic E-state index is 0.00633. The van der Waals surface area contributed by atoms with E-state index in [1.54, 1.807) is 20.8 Å². The first-order valence-electron chi connectivity index (χ1n) is 8.59. The smallest absolute Gasteiger partial charge is 0.417 e. The van der Waals surface area contributed by atoms with Crippen molar-refractivity contribution in [2.45, 2.75) is 37.6 Å². The van der Waals surface area contributed by atoms with E-state index in [1.807, 2.05) is 0 Å². The number of nitrogens with zero attached hydrogens (tertiary/aromatic N) is 1. The van der Waals surface area contributed by atoms with E-state index in [1.165, 1.54) is 6.07 Å². The number of thioether (sulfide) groups is 1. The molecule has 0 saturated carbocycles. The number of hydrogen-bond donors (Lipinski definition) is 2. The lowest BCUT2D eigenvalue weighted by molar-refractivity contribution is -0.137. The number of alkyl halides is 3. The molecule has 0 aliphatic carbocycles. The molecule has 11 heteroatoms. The minimum Gasteiger partial charge on any atom is -0.444 e. The normalized spacial score (nSPS) is 11.7. The highest BCUT2D eigenvalue weighted by Crippen LogP contribution is 2.30. The largest absolute Gasteiger partial charge is 0.444 e. The van der Waals surface area contributed by atoms with Crippen LogP contribution in [0.15, 0.2) is 41.6 Å². The number of aromatic nitrogens is 1. The van der Waals surface area contributed by atoms with Gasteiger partial charge in [-0.1, -0.05) is 11.8 Å². The van der Waals surface area contributed by atoms with Crippen molar-refractivity contribution in [3.05, 3.63) is 47.9 Å². The van der Waals surface area contributed by atoms with Crippen LogP contribution in [0.3, 0.4) is 0 Å². The zero-order valence-corrected chi connectivity index (χ0v) is 17.1. The van der Waals surface area contributed by atoms with Gasteiger partial charge in [0.2, 0.25) is 5.91 Å². The maximum absolute atomic E-state index is 13.6. The lowest BCUT2D eigenvalue weighted by Crippen LogP contribution is -2.27. The number of ether oxygens (including phenoxy) is 1. The molecule has 30 heavy (non-hydrogen) atoms. The van der Waals surface area contributed by atoms with Crippen molar-refractivity contribution in [3.8, 4) is 0 Å². The quantitative estimate of drug-likeness (QED) is 0.481. The Morgan fingerprint density at radius 3 is 2.33 bits per heavy atom. The van der Waals surface area contributed by atoms with Gasteiger partial charge in [-0.05, 0) is 51.1 Å². The van der Waals surface area contributed by atoms with Gasteiger partial charge in [0.1, 0.15) is 11.4 Å². The molecular weight excluding hydrogens is 426 g/mol. The summed E-state index contributed by atoms with van der Waals surface area (Å²) in [5.74, 6) is -1.41. The summed E-state index contributed by atoms with van der Waals surface area (Å²) < 4.78 is 56.4. The second kappa shape index (κ2) is 9.33. The molecule has 2 N–H and O–H groups in total. The molecule has 1 heterocycles. The van der Waals surface area contributed by atoms with E-state index in [-0.39, 0.29) is 22.2 Å². The molecule has 0 bridgehead atoms. The van der Waals surface area contributed by atoms with Gasteiger partial charge in [-0.15, -0.1) is 0 Å². The maximum Gasteiger partial charge on any atom is 0.417 e. The van der Waals surface area contributed by atoms with Gasteiger partial charge in [0.25, 0.3) is 0 Å². The summed E-state index contributed by atoms with van der Waals surface area (Å²) in [5.41, 5.74) is -1.52. The van der Waals surface area contributed by atoms with Crippen LogP contribution in [0.5, 0.6) is 0 Å². The Morgan fingerprint density at radius 1 is 1.07 bits per heavy atom. The zero-order chi connectivity index (χ0) is 22.5. The van der Waals surface area contributed by atoms with E-state index in [0.29, 0.717) is 6.20 Å². The molecule has 0 spiro atoms. The SMILES string of the molecule is CC(C)(C)OC(=O)Nc1ccc(F)cc1NC(=O)CSc1ccc(C(F)(F)F)cn1. The Kier molecular flexibility index (Phi) is 7.30. The second-order valence-electron chi connectivity index (χ2n) is 7.04. The summed E-state index contributed by atoms with van der Waals surface area (Å²) in [4.78, 5) is 27.8. The second-order valence-corrected chi connectivity index (χ2v) is 8.03. The molecule has 2 rings (SSSR count). The highest BCUT2D eigenvalue weighted by atomic mass is 32.2. The molecule has 0 saturated heterocycles. The fraction of sp³-hybridized carbons (Fsp3) is 0.316. The lowest BCUT2D eigenvalue weighted by Gasteiger charge is -2.20. The Balaban J connectivity index is 2.00. The van der Waals surface area contributed by atoms with Crippen LogP contribution in [-0.4, -0.2) is 28.3 Å². The first-order chi connectivity index (χ1) is 13.8. The van der Waals surface area contributed by atoms with Crippen molar-refractivity contribution in [2.24, 2.45) is 0 Å². The van der Waals surface area contributed by atoms with E-state index in [9.17, 15) is 27.2 Å². The van der Waals surface area contributed by atoms with Crippen LogP contribution in [0.25, 0.3) is 0 Å². The third kappa shape index (κ3) is 7.54. The number of halogens is 4.